The lowest BCUT2D eigenvalue weighted by atomic mass is 9.96. The van der Waals surface area contributed by atoms with Gasteiger partial charge in [-0.3, -0.25) is 14.4 Å². The first-order chi connectivity index (χ1) is 17.0. The predicted octanol–water partition coefficient (Wildman–Crippen LogP) is 1.94. The minimum Gasteiger partial charge on any atom is -0.480 e. The fourth-order valence-electron chi connectivity index (χ4n) is 3.55. The van der Waals surface area contributed by atoms with Crippen molar-refractivity contribution < 1.29 is 24.3 Å². The summed E-state index contributed by atoms with van der Waals surface area (Å²) in [6, 6.07) is 5.49. The number of carboxylic acids is 1. The van der Waals surface area contributed by atoms with Gasteiger partial charge in [0.1, 0.15) is 18.1 Å². The maximum Gasteiger partial charge on any atom is 0.326 e. The van der Waals surface area contributed by atoms with Crippen LogP contribution >= 0.6 is 11.8 Å². The van der Waals surface area contributed by atoms with Crippen LogP contribution in [0.15, 0.2) is 30.3 Å². The molecule has 1 aromatic rings. The van der Waals surface area contributed by atoms with E-state index in [-0.39, 0.29) is 24.7 Å². The molecule has 0 saturated carbocycles. The van der Waals surface area contributed by atoms with Crippen LogP contribution in [0.25, 0.3) is 0 Å². The van der Waals surface area contributed by atoms with Gasteiger partial charge in [-0.05, 0) is 35.8 Å². The van der Waals surface area contributed by atoms with E-state index in [0.29, 0.717) is 18.6 Å². The number of rotatable bonds is 16. The maximum atomic E-state index is 13.4. The lowest BCUT2D eigenvalue weighted by Gasteiger charge is -2.28. The molecule has 0 aliphatic rings. The van der Waals surface area contributed by atoms with Crippen molar-refractivity contribution in [3.05, 3.63) is 35.9 Å². The molecule has 6 N–H and O–H groups in total. The lowest BCUT2D eigenvalue weighted by molar-refractivity contribution is -0.142. The van der Waals surface area contributed by atoms with Crippen LogP contribution in [-0.2, 0) is 25.6 Å². The number of nitrogens with one attached hydrogen (secondary N) is 3. The number of aliphatic carboxylic acids is 1. The van der Waals surface area contributed by atoms with Gasteiger partial charge in [-0.25, -0.2) is 4.79 Å². The van der Waals surface area contributed by atoms with Gasteiger partial charge < -0.3 is 26.8 Å². The summed E-state index contributed by atoms with van der Waals surface area (Å²) >= 11 is 1.49. The second-order valence-electron chi connectivity index (χ2n) is 9.21. The van der Waals surface area contributed by atoms with Gasteiger partial charge in [-0.15, -0.1) is 0 Å². The van der Waals surface area contributed by atoms with E-state index in [9.17, 15) is 24.3 Å². The number of benzene rings is 1. The summed E-state index contributed by atoms with van der Waals surface area (Å²) < 4.78 is 0. The molecule has 1 rings (SSSR count). The molecule has 0 aliphatic carbocycles. The van der Waals surface area contributed by atoms with Crippen molar-refractivity contribution in [2.24, 2.45) is 17.6 Å². The molecule has 6 unspecified atom stereocenters. The Hall–Kier alpha value is -2.59. The molecule has 0 aromatic heterocycles. The fourth-order valence-corrected chi connectivity index (χ4v) is 4.02. The summed E-state index contributed by atoms with van der Waals surface area (Å²) in [6.45, 7) is 7.50. The Bertz CT molecular complexity index is 854. The summed E-state index contributed by atoms with van der Waals surface area (Å²) in [6.07, 6.45) is 3.63. The minimum atomic E-state index is -1.13. The molecule has 0 heterocycles. The molecule has 10 heteroatoms. The topological polar surface area (TPSA) is 151 Å². The predicted molar refractivity (Wildman–Crippen MR) is 143 cm³/mol. The van der Waals surface area contributed by atoms with E-state index in [1.165, 1.54) is 11.8 Å². The average molecular weight is 523 g/mol. The first-order valence-electron chi connectivity index (χ1n) is 12.5. The molecule has 9 nitrogen and oxygen atoms in total. The normalized spacial score (nSPS) is 16.1. The van der Waals surface area contributed by atoms with E-state index in [2.05, 4.69) is 16.0 Å². The first-order valence-corrected chi connectivity index (χ1v) is 13.9. The van der Waals surface area contributed by atoms with Crippen molar-refractivity contribution in [2.75, 3.05) is 12.0 Å². The van der Waals surface area contributed by atoms with Crippen LogP contribution in [0.1, 0.15) is 52.5 Å². The van der Waals surface area contributed by atoms with E-state index < -0.39 is 47.9 Å². The van der Waals surface area contributed by atoms with Gasteiger partial charge in [0, 0.05) is 6.42 Å². The van der Waals surface area contributed by atoms with Gasteiger partial charge in [0.2, 0.25) is 17.7 Å². The van der Waals surface area contributed by atoms with Crippen LogP contribution in [0.2, 0.25) is 0 Å². The van der Waals surface area contributed by atoms with E-state index in [1.807, 2.05) is 64.3 Å². The Labute approximate surface area is 218 Å². The number of carboxylic acid groups (broad SMARTS) is 1. The van der Waals surface area contributed by atoms with E-state index in [4.69, 9.17) is 5.73 Å². The SMILES string of the molecule is CCC(C)C(N)C(=O)NC(Cc1ccccc1)C(=O)NC(C(=O)NC(CCSC)C(=O)O)C(C)CC. The Morgan fingerprint density at radius 2 is 1.47 bits per heavy atom. The first kappa shape index (κ1) is 31.4. The Morgan fingerprint density at radius 3 is 2.00 bits per heavy atom. The van der Waals surface area contributed by atoms with E-state index in [1.54, 1.807) is 0 Å². The van der Waals surface area contributed by atoms with Crippen molar-refractivity contribution in [1.29, 1.82) is 0 Å². The Balaban J connectivity index is 3.12. The van der Waals surface area contributed by atoms with Crippen LogP contribution in [0, 0.1) is 11.8 Å². The van der Waals surface area contributed by atoms with Gasteiger partial charge in [-0.2, -0.15) is 11.8 Å². The number of thioether (sulfide) groups is 1. The van der Waals surface area contributed by atoms with Gasteiger partial charge in [0.05, 0.1) is 6.04 Å². The van der Waals surface area contributed by atoms with Gasteiger partial charge >= 0.3 is 5.97 Å². The molecule has 0 radical (unpaired) electrons. The monoisotopic (exact) mass is 522 g/mol. The molecule has 202 valence electrons. The molecule has 3 amide bonds. The van der Waals surface area contributed by atoms with Crippen LogP contribution in [0.4, 0.5) is 0 Å². The quantitative estimate of drug-likeness (QED) is 0.223. The third-order valence-corrected chi connectivity index (χ3v) is 7.14. The van der Waals surface area contributed by atoms with Gasteiger partial charge in [-0.1, -0.05) is 70.9 Å². The van der Waals surface area contributed by atoms with Crippen LogP contribution in [0.5, 0.6) is 0 Å². The number of carbonyl (C=O) groups excluding carboxylic acids is 3. The second kappa shape index (κ2) is 16.2. The summed E-state index contributed by atoms with van der Waals surface area (Å²) in [5, 5.41) is 17.6. The highest BCUT2D eigenvalue weighted by atomic mass is 32.2. The Kier molecular flexibility index (Phi) is 14.2. The molecule has 1 aromatic carbocycles. The highest BCUT2D eigenvalue weighted by Gasteiger charge is 2.33. The molecular weight excluding hydrogens is 480 g/mol. The zero-order chi connectivity index (χ0) is 27.3. The lowest BCUT2D eigenvalue weighted by Crippen LogP contribution is -2.59. The van der Waals surface area contributed by atoms with Crippen molar-refractivity contribution in [3.8, 4) is 0 Å². The largest absolute Gasteiger partial charge is 0.480 e. The number of nitrogens with two attached hydrogens (primary N) is 1. The maximum absolute atomic E-state index is 13.4. The van der Waals surface area contributed by atoms with E-state index in [0.717, 1.165) is 5.56 Å². The average Bonchev–Trinajstić information content (AvgIpc) is 2.87. The molecule has 0 spiro atoms. The van der Waals surface area contributed by atoms with Crippen LogP contribution in [0.3, 0.4) is 0 Å². The third-order valence-electron chi connectivity index (χ3n) is 6.49. The molecule has 6 atom stereocenters. The zero-order valence-electron chi connectivity index (χ0n) is 22.0. The summed E-state index contributed by atoms with van der Waals surface area (Å²) in [7, 11) is 0. The number of carbonyl (C=O) groups is 4. The molecule has 0 fully saturated rings. The molecule has 0 saturated heterocycles. The molecule has 36 heavy (non-hydrogen) atoms. The van der Waals surface area contributed by atoms with Gasteiger partial charge in [0.15, 0.2) is 0 Å². The summed E-state index contributed by atoms with van der Waals surface area (Å²) in [5.74, 6) is -2.42. The smallest absolute Gasteiger partial charge is 0.326 e. The second-order valence-corrected chi connectivity index (χ2v) is 10.2. The number of amides is 3. The van der Waals surface area contributed by atoms with Crippen molar-refractivity contribution in [2.45, 2.75) is 77.5 Å². The van der Waals surface area contributed by atoms with Gasteiger partial charge in [0.25, 0.3) is 0 Å². The van der Waals surface area contributed by atoms with Crippen molar-refractivity contribution in [1.82, 2.24) is 16.0 Å². The third kappa shape index (κ3) is 10.2. The highest BCUT2D eigenvalue weighted by Crippen LogP contribution is 2.12. The number of hydrogen-bond acceptors (Lipinski definition) is 6. The molecular formula is C26H42N4O5S. The summed E-state index contributed by atoms with van der Waals surface area (Å²) in [5.41, 5.74) is 6.93. The fraction of sp³-hybridized carbons (Fsp3) is 0.615. The van der Waals surface area contributed by atoms with E-state index >= 15 is 0 Å². The minimum absolute atomic E-state index is 0.0710. The summed E-state index contributed by atoms with van der Waals surface area (Å²) in [4.78, 5) is 50.9. The Morgan fingerprint density at radius 1 is 0.889 bits per heavy atom. The molecule has 0 aliphatic heterocycles. The zero-order valence-corrected chi connectivity index (χ0v) is 22.8. The molecule has 0 bridgehead atoms. The van der Waals surface area contributed by atoms with Crippen molar-refractivity contribution in [3.63, 3.8) is 0 Å². The number of hydrogen-bond donors (Lipinski definition) is 5. The highest BCUT2D eigenvalue weighted by molar-refractivity contribution is 7.98. The van der Waals surface area contributed by atoms with Crippen LogP contribution < -0.4 is 21.7 Å². The standard InChI is InChI=1S/C26H42N4O5S/c1-6-16(3)21(27)24(32)29-20(15-18-11-9-8-10-12-18)23(31)30-22(17(4)7-2)25(33)28-19(26(34)35)13-14-36-5/h8-12,16-17,19-22H,6-7,13-15,27H2,1-5H3,(H,28,33)(H,29,32)(H,30,31)(H,34,35). The van der Waals surface area contributed by atoms with Crippen LogP contribution in [-0.4, -0.2) is 65.0 Å². The van der Waals surface area contributed by atoms with Crippen molar-refractivity contribution >= 4 is 35.5 Å².